The first-order valence-corrected chi connectivity index (χ1v) is 6.61. The fourth-order valence-electron chi connectivity index (χ4n) is 1.83. The van der Waals surface area contributed by atoms with E-state index >= 15 is 0 Å². The molecule has 1 aliphatic heterocycles. The van der Waals surface area contributed by atoms with Crippen molar-refractivity contribution in [2.45, 2.75) is 13.8 Å². The number of hydrogen-bond donors (Lipinski definition) is 1. The van der Waals surface area contributed by atoms with Crippen LogP contribution < -0.4 is 14.8 Å². The maximum Gasteiger partial charge on any atom is 0.231 e. The number of nitrogens with one attached hydrogen (secondary N) is 1. The SMILES string of the molecule is C=C(C)CN(CC)C(=S)Nc1ccc2c(c1)OCO2. The number of ether oxygens (including phenoxy) is 2. The molecule has 19 heavy (non-hydrogen) atoms. The third-order valence-electron chi connectivity index (χ3n) is 2.75. The van der Waals surface area contributed by atoms with Gasteiger partial charge in [-0.1, -0.05) is 12.2 Å². The van der Waals surface area contributed by atoms with Crippen LogP contribution in [0.3, 0.4) is 0 Å². The largest absolute Gasteiger partial charge is 0.454 e. The second-order valence-electron chi connectivity index (χ2n) is 4.47. The lowest BCUT2D eigenvalue weighted by molar-refractivity contribution is 0.174. The minimum absolute atomic E-state index is 0.278. The highest BCUT2D eigenvalue weighted by Crippen LogP contribution is 2.34. The zero-order valence-electron chi connectivity index (χ0n) is 11.2. The maximum absolute atomic E-state index is 5.40. The summed E-state index contributed by atoms with van der Waals surface area (Å²) >= 11 is 5.40. The Morgan fingerprint density at radius 3 is 2.84 bits per heavy atom. The van der Waals surface area contributed by atoms with Gasteiger partial charge in [0.2, 0.25) is 6.79 Å². The van der Waals surface area contributed by atoms with Crippen molar-refractivity contribution in [2.75, 3.05) is 25.2 Å². The van der Waals surface area contributed by atoms with Crippen molar-refractivity contribution in [1.82, 2.24) is 4.90 Å². The van der Waals surface area contributed by atoms with Gasteiger partial charge >= 0.3 is 0 Å². The number of benzene rings is 1. The fourth-order valence-corrected chi connectivity index (χ4v) is 2.14. The Kier molecular flexibility index (Phi) is 4.27. The highest BCUT2D eigenvalue weighted by molar-refractivity contribution is 7.80. The van der Waals surface area contributed by atoms with E-state index in [-0.39, 0.29) is 6.79 Å². The van der Waals surface area contributed by atoms with Gasteiger partial charge in [-0.25, -0.2) is 0 Å². The van der Waals surface area contributed by atoms with Gasteiger partial charge in [-0.3, -0.25) is 0 Å². The summed E-state index contributed by atoms with van der Waals surface area (Å²) in [5, 5.41) is 3.89. The Morgan fingerprint density at radius 2 is 2.16 bits per heavy atom. The van der Waals surface area contributed by atoms with Gasteiger partial charge in [-0.05, 0) is 38.2 Å². The predicted molar refractivity (Wildman–Crippen MR) is 80.8 cm³/mol. The molecule has 0 fully saturated rings. The first-order valence-electron chi connectivity index (χ1n) is 6.20. The van der Waals surface area contributed by atoms with E-state index in [1.54, 1.807) is 0 Å². The molecule has 0 aliphatic carbocycles. The van der Waals surface area contributed by atoms with Gasteiger partial charge < -0.3 is 19.7 Å². The van der Waals surface area contributed by atoms with Crippen molar-refractivity contribution < 1.29 is 9.47 Å². The Balaban J connectivity index is 2.03. The van der Waals surface area contributed by atoms with Crippen molar-refractivity contribution in [3.05, 3.63) is 30.4 Å². The molecule has 1 aromatic carbocycles. The van der Waals surface area contributed by atoms with Gasteiger partial charge in [0.15, 0.2) is 16.6 Å². The van der Waals surface area contributed by atoms with Crippen LogP contribution in [0.2, 0.25) is 0 Å². The van der Waals surface area contributed by atoms with E-state index in [0.717, 1.165) is 35.8 Å². The smallest absolute Gasteiger partial charge is 0.231 e. The van der Waals surface area contributed by atoms with Crippen LogP contribution in [0.5, 0.6) is 11.5 Å². The second kappa shape index (κ2) is 5.93. The van der Waals surface area contributed by atoms with Crippen LogP contribution in [0.15, 0.2) is 30.4 Å². The van der Waals surface area contributed by atoms with E-state index in [4.69, 9.17) is 21.7 Å². The molecule has 0 amide bonds. The first kappa shape index (κ1) is 13.7. The average Bonchev–Trinajstić information content (AvgIpc) is 2.82. The third kappa shape index (κ3) is 3.38. The lowest BCUT2D eigenvalue weighted by Crippen LogP contribution is -2.35. The lowest BCUT2D eigenvalue weighted by atomic mass is 10.3. The molecule has 0 radical (unpaired) electrons. The zero-order chi connectivity index (χ0) is 13.8. The van der Waals surface area contributed by atoms with Crippen LogP contribution in [-0.2, 0) is 0 Å². The second-order valence-corrected chi connectivity index (χ2v) is 4.86. The van der Waals surface area contributed by atoms with E-state index in [9.17, 15) is 0 Å². The van der Waals surface area contributed by atoms with E-state index in [2.05, 4.69) is 23.7 Å². The van der Waals surface area contributed by atoms with E-state index < -0.39 is 0 Å². The molecule has 0 atom stereocenters. The maximum atomic E-state index is 5.40. The first-order chi connectivity index (χ1) is 9.10. The van der Waals surface area contributed by atoms with Crippen LogP contribution in [0.1, 0.15) is 13.8 Å². The van der Waals surface area contributed by atoms with Gasteiger partial charge in [-0.15, -0.1) is 0 Å². The minimum Gasteiger partial charge on any atom is -0.454 e. The molecule has 102 valence electrons. The third-order valence-corrected chi connectivity index (χ3v) is 3.11. The topological polar surface area (TPSA) is 33.7 Å². The van der Waals surface area contributed by atoms with Crippen molar-refractivity contribution >= 4 is 23.0 Å². The number of anilines is 1. The lowest BCUT2D eigenvalue weighted by Gasteiger charge is -2.24. The fraction of sp³-hybridized carbons (Fsp3) is 0.357. The molecule has 0 saturated carbocycles. The summed E-state index contributed by atoms with van der Waals surface area (Å²) in [4.78, 5) is 2.06. The van der Waals surface area contributed by atoms with Crippen LogP contribution in [0.25, 0.3) is 0 Å². The number of nitrogens with zero attached hydrogens (tertiary/aromatic N) is 1. The highest BCUT2D eigenvalue weighted by Gasteiger charge is 2.14. The molecule has 4 nitrogen and oxygen atoms in total. The molecular formula is C14H18N2O2S. The standard InChI is InChI=1S/C14H18N2O2S/c1-4-16(8-10(2)3)14(19)15-11-5-6-12-13(7-11)18-9-17-12/h5-7H,2,4,8-9H2,1,3H3,(H,15,19). The number of thiocarbonyl (C=S) groups is 1. The van der Waals surface area contributed by atoms with Crippen LogP contribution in [0, 0.1) is 0 Å². The van der Waals surface area contributed by atoms with Crippen molar-refractivity contribution in [3.63, 3.8) is 0 Å². The number of hydrogen-bond acceptors (Lipinski definition) is 3. The van der Waals surface area contributed by atoms with Crippen LogP contribution >= 0.6 is 12.2 Å². The molecule has 1 aliphatic rings. The van der Waals surface area contributed by atoms with Gasteiger partial charge in [0, 0.05) is 24.8 Å². The number of rotatable bonds is 4. The van der Waals surface area contributed by atoms with E-state index in [1.807, 2.05) is 25.1 Å². The number of likely N-dealkylation sites (N-methyl/N-ethyl adjacent to an activating group) is 1. The molecule has 0 unspecified atom stereocenters. The van der Waals surface area contributed by atoms with Crippen molar-refractivity contribution in [1.29, 1.82) is 0 Å². The summed E-state index contributed by atoms with van der Waals surface area (Å²) in [5.41, 5.74) is 1.98. The van der Waals surface area contributed by atoms with Gasteiger partial charge in [0.25, 0.3) is 0 Å². The summed E-state index contributed by atoms with van der Waals surface area (Å²) in [6.45, 7) is 9.84. The minimum atomic E-state index is 0.278. The van der Waals surface area contributed by atoms with Crippen molar-refractivity contribution in [2.24, 2.45) is 0 Å². The van der Waals surface area contributed by atoms with Gasteiger partial charge in [-0.2, -0.15) is 0 Å². The highest BCUT2D eigenvalue weighted by atomic mass is 32.1. The van der Waals surface area contributed by atoms with Crippen LogP contribution in [0.4, 0.5) is 5.69 Å². The zero-order valence-corrected chi connectivity index (χ0v) is 12.0. The molecule has 2 rings (SSSR count). The Labute approximate surface area is 119 Å². The number of fused-ring (bicyclic) bond motifs is 1. The molecule has 1 aromatic rings. The van der Waals surface area contributed by atoms with Gasteiger partial charge in [0.1, 0.15) is 0 Å². The Morgan fingerprint density at radius 1 is 1.42 bits per heavy atom. The van der Waals surface area contributed by atoms with Crippen LogP contribution in [-0.4, -0.2) is 29.9 Å². The molecule has 5 heteroatoms. The average molecular weight is 278 g/mol. The van der Waals surface area contributed by atoms with E-state index in [0.29, 0.717) is 5.11 Å². The molecule has 0 bridgehead atoms. The summed E-state index contributed by atoms with van der Waals surface area (Å²) in [6.07, 6.45) is 0. The van der Waals surface area contributed by atoms with E-state index in [1.165, 1.54) is 0 Å². The predicted octanol–water partition coefficient (Wildman–Crippen LogP) is 3.01. The summed E-state index contributed by atoms with van der Waals surface area (Å²) in [5.74, 6) is 1.52. The van der Waals surface area contributed by atoms with Crippen molar-refractivity contribution in [3.8, 4) is 11.5 Å². The normalized spacial score (nSPS) is 12.1. The molecular weight excluding hydrogens is 260 g/mol. The summed E-state index contributed by atoms with van der Waals surface area (Å²) in [6, 6.07) is 5.69. The summed E-state index contributed by atoms with van der Waals surface area (Å²) in [7, 11) is 0. The monoisotopic (exact) mass is 278 g/mol. The Bertz CT molecular complexity index is 502. The van der Waals surface area contributed by atoms with Gasteiger partial charge in [0.05, 0.1) is 0 Å². The quantitative estimate of drug-likeness (QED) is 0.676. The molecule has 0 spiro atoms. The molecule has 1 N–H and O–H groups in total. The molecule has 0 aromatic heterocycles. The molecule has 1 heterocycles. The Hall–Kier alpha value is -1.75. The molecule has 0 saturated heterocycles. The summed E-state index contributed by atoms with van der Waals surface area (Å²) < 4.78 is 10.6.